The van der Waals surface area contributed by atoms with Crippen LogP contribution in [0.3, 0.4) is 0 Å². The van der Waals surface area contributed by atoms with Gasteiger partial charge in [0.25, 0.3) is 5.91 Å². The lowest BCUT2D eigenvalue weighted by Crippen LogP contribution is -2.40. The third kappa shape index (κ3) is 5.43. The maximum absolute atomic E-state index is 12.6. The lowest BCUT2D eigenvalue weighted by atomic mass is 10.1. The number of anilines is 1. The summed E-state index contributed by atoms with van der Waals surface area (Å²) >= 11 is 0. The molecule has 0 aliphatic rings. The van der Waals surface area contributed by atoms with Crippen LogP contribution in [-0.2, 0) is 9.53 Å². The second-order valence-electron chi connectivity index (χ2n) is 6.35. The third-order valence-electron chi connectivity index (χ3n) is 3.10. The summed E-state index contributed by atoms with van der Waals surface area (Å²) in [4.78, 5) is 24.7. The van der Waals surface area contributed by atoms with Gasteiger partial charge in [0.15, 0.2) is 0 Å². The van der Waals surface area contributed by atoms with Gasteiger partial charge in [0, 0.05) is 5.69 Å². The van der Waals surface area contributed by atoms with Crippen LogP contribution in [0.1, 0.15) is 32.4 Å². The summed E-state index contributed by atoms with van der Waals surface area (Å²) in [5, 5.41) is 5.44. The van der Waals surface area contributed by atoms with Crippen molar-refractivity contribution in [3.05, 3.63) is 66.2 Å². The number of para-hydroxylation sites is 1. The number of nitrogens with one attached hydrogen (secondary N) is 2. The lowest BCUT2D eigenvalue weighted by Gasteiger charge is -2.23. The van der Waals surface area contributed by atoms with Crippen LogP contribution in [0.5, 0.6) is 0 Å². The van der Waals surface area contributed by atoms with Gasteiger partial charge in [-0.1, -0.05) is 48.5 Å². The van der Waals surface area contributed by atoms with Crippen molar-refractivity contribution < 1.29 is 14.3 Å². The average Bonchev–Trinajstić information content (AvgIpc) is 2.52. The zero-order valence-corrected chi connectivity index (χ0v) is 14.1. The van der Waals surface area contributed by atoms with E-state index in [1.807, 2.05) is 36.4 Å². The van der Waals surface area contributed by atoms with Crippen LogP contribution in [0, 0.1) is 0 Å². The molecule has 1 atom stereocenters. The van der Waals surface area contributed by atoms with Gasteiger partial charge in [0.1, 0.15) is 11.6 Å². The molecule has 0 heterocycles. The first kappa shape index (κ1) is 17.5. The van der Waals surface area contributed by atoms with E-state index in [4.69, 9.17) is 4.74 Å². The molecule has 0 bridgehead atoms. The van der Waals surface area contributed by atoms with Gasteiger partial charge < -0.3 is 15.4 Å². The molecule has 24 heavy (non-hydrogen) atoms. The number of amides is 2. The van der Waals surface area contributed by atoms with Crippen molar-refractivity contribution in [2.24, 2.45) is 0 Å². The number of carbonyl (C=O) groups excluding carboxylic acids is 2. The fraction of sp³-hybridized carbons (Fsp3) is 0.263. The Hall–Kier alpha value is -2.82. The van der Waals surface area contributed by atoms with Crippen molar-refractivity contribution in [2.75, 3.05) is 5.32 Å². The standard InChI is InChI=1S/C19H22N2O3/c1-19(2,3)24-18(23)21-16(14-10-6-4-7-11-14)17(22)20-15-12-8-5-9-13-15/h4-13,16H,1-3H3,(H,20,22)(H,21,23). The van der Waals surface area contributed by atoms with Gasteiger partial charge >= 0.3 is 6.09 Å². The summed E-state index contributed by atoms with van der Waals surface area (Å²) in [5.74, 6) is -0.335. The van der Waals surface area contributed by atoms with Crippen molar-refractivity contribution in [2.45, 2.75) is 32.4 Å². The minimum absolute atomic E-state index is 0.335. The number of hydrogen-bond donors (Lipinski definition) is 2. The summed E-state index contributed by atoms with van der Waals surface area (Å²) < 4.78 is 5.26. The quantitative estimate of drug-likeness (QED) is 0.895. The van der Waals surface area contributed by atoms with E-state index in [2.05, 4.69) is 10.6 Å². The zero-order valence-electron chi connectivity index (χ0n) is 14.1. The number of alkyl carbamates (subject to hydrolysis) is 1. The molecule has 0 radical (unpaired) electrons. The van der Waals surface area contributed by atoms with Crippen LogP contribution >= 0.6 is 0 Å². The molecule has 0 aromatic heterocycles. The Morgan fingerprint density at radius 2 is 1.46 bits per heavy atom. The molecule has 0 aliphatic carbocycles. The molecular formula is C19H22N2O3. The Kier molecular flexibility index (Phi) is 5.58. The van der Waals surface area contributed by atoms with E-state index >= 15 is 0 Å². The molecule has 1 unspecified atom stereocenters. The number of ether oxygens (including phenoxy) is 1. The Morgan fingerprint density at radius 1 is 0.917 bits per heavy atom. The Balaban J connectivity index is 2.17. The van der Waals surface area contributed by atoms with Crippen LogP contribution in [0.4, 0.5) is 10.5 Å². The summed E-state index contributed by atoms with van der Waals surface area (Å²) in [5.41, 5.74) is 0.701. The maximum atomic E-state index is 12.6. The molecule has 2 amide bonds. The zero-order chi connectivity index (χ0) is 17.6. The Labute approximate surface area is 142 Å². The van der Waals surface area contributed by atoms with Crippen molar-refractivity contribution in [1.29, 1.82) is 0 Å². The lowest BCUT2D eigenvalue weighted by molar-refractivity contribution is -0.118. The van der Waals surface area contributed by atoms with Crippen LogP contribution in [0.15, 0.2) is 60.7 Å². The molecule has 5 heteroatoms. The molecule has 0 spiro atoms. The molecule has 0 aliphatic heterocycles. The third-order valence-corrected chi connectivity index (χ3v) is 3.10. The van der Waals surface area contributed by atoms with E-state index in [0.717, 1.165) is 0 Å². The van der Waals surface area contributed by atoms with E-state index < -0.39 is 17.7 Å². The number of benzene rings is 2. The van der Waals surface area contributed by atoms with E-state index in [0.29, 0.717) is 11.3 Å². The topological polar surface area (TPSA) is 67.4 Å². The first-order chi connectivity index (χ1) is 11.3. The van der Waals surface area contributed by atoms with Gasteiger partial charge in [-0.25, -0.2) is 4.79 Å². The first-order valence-electron chi connectivity index (χ1n) is 7.75. The van der Waals surface area contributed by atoms with Crippen molar-refractivity contribution in [1.82, 2.24) is 5.32 Å². The summed E-state index contributed by atoms with van der Waals surface area (Å²) in [6.07, 6.45) is -0.639. The Morgan fingerprint density at radius 3 is 2.00 bits per heavy atom. The Bertz CT molecular complexity index is 679. The van der Waals surface area contributed by atoms with Crippen LogP contribution < -0.4 is 10.6 Å². The highest BCUT2D eigenvalue weighted by molar-refractivity contribution is 5.97. The molecule has 0 saturated heterocycles. The molecule has 126 valence electrons. The fourth-order valence-electron chi connectivity index (χ4n) is 2.11. The maximum Gasteiger partial charge on any atom is 0.408 e. The highest BCUT2D eigenvalue weighted by Gasteiger charge is 2.25. The second kappa shape index (κ2) is 7.64. The van der Waals surface area contributed by atoms with E-state index in [1.54, 1.807) is 45.0 Å². The molecule has 2 rings (SSSR count). The average molecular weight is 326 g/mol. The molecule has 0 saturated carbocycles. The second-order valence-corrected chi connectivity index (χ2v) is 6.35. The molecule has 2 aromatic carbocycles. The van der Waals surface area contributed by atoms with Crippen molar-refractivity contribution in [3.63, 3.8) is 0 Å². The molecule has 5 nitrogen and oxygen atoms in total. The SMILES string of the molecule is CC(C)(C)OC(=O)NC(C(=O)Nc1ccccc1)c1ccccc1. The van der Waals surface area contributed by atoms with Gasteiger partial charge in [-0.3, -0.25) is 4.79 Å². The molecule has 2 aromatic rings. The molecular weight excluding hydrogens is 304 g/mol. The van der Waals surface area contributed by atoms with E-state index in [1.165, 1.54) is 0 Å². The van der Waals surface area contributed by atoms with E-state index in [-0.39, 0.29) is 5.91 Å². The highest BCUT2D eigenvalue weighted by atomic mass is 16.6. The summed E-state index contributed by atoms with van der Waals surface area (Å²) in [7, 11) is 0. The normalized spacial score (nSPS) is 12.1. The van der Waals surface area contributed by atoms with Crippen molar-refractivity contribution in [3.8, 4) is 0 Å². The fourth-order valence-corrected chi connectivity index (χ4v) is 2.11. The molecule has 0 fully saturated rings. The predicted molar refractivity (Wildman–Crippen MR) is 93.6 cm³/mol. The summed E-state index contributed by atoms with van der Waals surface area (Å²) in [6, 6.07) is 17.3. The van der Waals surface area contributed by atoms with Crippen LogP contribution in [0.2, 0.25) is 0 Å². The van der Waals surface area contributed by atoms with Gasteiger partial charge in [-0.15, -0.1) is 0 Å². The largest absolute Gasteiger partial charge is 0.444 e. The van der Waals surface area contributed by atoms with Crippen LogP contribution in [0.25, 0.3) is 0 Å². The smallest absolute Gasteiger partial charge is 0.408 e. The number of rotatable bonds is 4. The predicted octanol–water partition coefficient (Wildman–Crippen LogP) is 3.89. The minimum Gasteiger partial charge on any atom is -0.444 e. The first-order valence-corrected chi connectivity index (χ1v) is 7.75. The van der Waals surface area contributed by atoms with Gasteiger partial charge in [-0.05, 0) is 38.5 Å². The summed E-state index contributed by atoms with van der Waals surface area (Å²) in [6.45, 7) is 5.32. The van der Waals surface area contributed by atoms with Crippen LogP contribution in [-0.4, -0.2) is 17.6 Å². The highest BCUT2D eigenvalue weighted by Crippen LogP contribution is 2.17. The minimum atomic E-state index is -0.846. The monoisotopic (exact) mass is 326 g/mol. The molecule has 2 N–H and O–H groups in total. The van der Waals surface area contributed by atoms with E-state index in [9.17, 15) is 9.59 Å². The van der Waals surface area contributed by atoms with Gasteiger partial charge in [-0.2, -0.15) is 0 Å². The van der Waals surface area contributed by atoms with Crippen molar-refractivity contribution >= 4 is 17.7 Å². The number of hydrogen-bond acceptors (Lipinski definition) is 3. The van der Waals surface area contributed by atoms with Gasteiger partial charge in [0.2, 0.25) is 0 Å². The number of carbonyl (C=O) groups is 2. The van der Waals surface area contributed by atoms with Gasteiger partial charge in [0.05, 0.1) is 0 Å².